The summed E-state index contributed by atoms with van der Waals surface area (Å²) in [6.07, 6.45) is 1.87. The summed E-state index contributed by atoms with van der Waals surface area (Å²) >= 11 is 5.99. The van der Waals surface area contributed by atoms with Gasteiger partial charge in [-0.25, -0.2) is 13.1 Å². The molecule has 0 amide bonds. The molecule has 22 heavy (non-hydrogen) atoms. The van der Waals surface area contributed by atoms with Gasteiger partial charge in [0, 0.05) is 13.7 Å². The summed E-state index contributed by atoms with van der Waals surface area (Å²) in [4.78, 5) is 0.115. The molecule has 0 radical (unpaired) electrons. The van der Waals surface area contributed by atoms with Gasteiger partial charge < -0.3 is 14.8 Å². The zero-order valence-corrected chi connectivity index (χ0v) is 14.3. The van der Waals surface area contributed by atoms with E-state index in [0.717, 1.165) is 19.4 Å². The largest absolute Gasteiger partial charge is 0.495 e. The van der Waals surface area contributed by atoms with Gasteiger partial charge in [-0.15, -0.1) is 0 Å². The maximum atomic E-state index is 12.4. The number of benzene rings is 1. The third kappa shape index (κ3) is 3.91. The van der Waals surface area contributed by atoms with Crippen molar-refractivity contribution >= 4 is 21.6 Å². The molecular weight excluding hydrogens is 328 g/mol. The second kappa shape index (κ2) is 7.14. The molecule has 1 aliphatic heterocycles. The molecule has 0 aliphatic carbocycles. The zero-order valence-electron chi connectivity index (χ0n) is 12.7. The number of methoxy groups -OCH3 is 2. The Hall–Kier alpha value is -0.860. The SMILES string of the molecule is COCC1(CNS(=O)(=O)c2ccc(OC)c(Cl)c2)CCCN1. The summed E-state index contributed by atoms with van der Waals surface area (Å²) in [6.45, 7) is 1.59. The van der Waals surface area contributed by atoms with Gasteiger partial charge >= 0.3 is 0 Å². The fourth-order valence-corrected chi connectivity index (χ4v) is 4.08. The molecule has 1 atom stereocenters. The Bertz CT molecular complexity index is 615. The highest BCUT2D eigenvalue weighted by Gasteiger charge is 2.34. The number of hydrogen-bond acceptors (Lipinski definition) is 5. The first-order chi connectivity index (χ1) is 10.4. The van der Waals surface area contributed by atoms with Crippen molar-refractivity contribution in [2.24, 2.45) is 0 Å². The van der Waals surface area contributed by atoms with E-state index in [2.05, 4.69) is 10.0 Å². The van der Waals surface area contributed by atoms with Crippen molar-refractivity contribution in [3.8, 4) is 5.75 Å². The Morgan fingerprint density at radius 1 is 1.41 bits per heavy atom. The summed E-state index contributed by atoms with van der Waals surface area (Å²) in [7, 11) is -0.547. The van der Waals surface area contributed by atoms with E-state index >= 15 is 0 Å². The molecule has 0 bridgehead atoms. The Morgan fingerprint density at radius 3 is 2.73 bits per heavy atom. The monoisotopic (exact) mass is 348 g/mol. The number of sulfonamides is 1. The topological polar surface area (TPSA) is 76.7 Å². The van der Waals surface area contributed by atoms with E-state index in [-0.39, 0.29) is 22.0 Å². The smallest absolute Gasteiger partial charge is 0.240 e. The highest BCUT2D eigenvalue weighted by atomic mass is 35.5. The Kier molecular flexibility index (Phi) is 5.68. The minimum Gasteiger partial charge on any atom is -0.495 e. The fourth-order valence-electron chi connectivity index (χ4n) is 2.60. The molecule has 1 fully saturated rings. The maximum absolute atomic E-state index is 12.4. The van der Waals surface area contributed by atoms with E-state index in [9.17, 15) is 8.42 Å². The van der Waals surface area contributed by atoms with Crippen LogP contribution in [-0.2, 0) is 14.8 Å². The van der Waals surface area contributed by atoms with E-state index in [0.29, 0.717) is 12.4 Å². The summed E-state index contributed by atoms with van der Waals surface area (Å²) < 4.78 is 37.7. The summed E-state index contributed by atoms with van der Waals surface area (Å²) in [5.41, 5.74) is -0.349. The molecule has 2 rings (SSSR count). The van der Waals surface area contributed by atoms with E-state index < -0.39 is 10.0 Å². The first kappa shape index (κ1) is 17.5. The van der Waals surface area contributed by atoms with Gasteiger partial charge in [0.2, 0.25) is 10.0 Å². The number of hydrogen-bond donors (Lipinski definition) is 2. The molecule has 124 valence electrons. The minimum absolute atomic E-state index is 0.115. The van der Waals surface area contributed by atoms with Crippen LogP contribution in [0.2, 0.25) is 5.02 Å². The predicted octanol–water partition coefficient (Wildman–Crippen LogP) is 1.40. The lowest BCUT2D eigenvalue weighted by Gasteiger charge is -2.28. The molecule has 1 aliphatic rings. The molecule has 1 heterocycles. The van der Waals surface area contributed by atoms with Crippen LogP contribution in [0.4, 0.5) is 0 Å². The van der Waals surface area contributed by atoms with E-state index in [1.165, 1.54) is 25.3 Å². The molecule has 8 heteroatoms. The van der Waals surface area contributed by atoms with Crippen molar-refractivity contribution < 1.29 is 17.9 Å². The van der Waals surface area contributed by atoms with Gasteiger partial charge in [0.05, 0.1) is 29.2 Å². The van der Waals surface area contributed by atoms with Gasteiger partial charge in [-0.3, -0.25) is 0 Å². The van der Waals surface area contributed by atoms with Crippen LogP contribution in [0, 0.1) is 0 Å². The summed E-state index contributed by atoms with van der Waals surface area (Å²) in [5.74, 6) is 0.439. The van der Waals surface area contributed by atoms with Gasteiger partial charge in [-0.2, -0.15) is 0 Å². The van der Waals surface area contributed by atoms with Crippen molar-refractivity contribution in [2.75, 3.05) is 33.9 Å². The van der Waals surface area contributed by atoms with Crippen LogP contribution < -0.4 is 14.8 Å². The third-order valence-electron chi connectivity index (χ3n) is 3.79. The molecule has 6 nitrogen and oxygen atoms in total. The molecule has 1 saturated heterocycles. The standard InChI is InChI=1S/C14H21ClN2O4S/c1-20-10-14(6-3-7-16-14)9-17-22(18,19)11-4-5-13(21-2)12(15)8-11/h4-5,8,16-17H,3,6-7,9-10H2,1-2H3. The molecule has 0 saturated carbocycles. The fraction of sp³-hybridized carbons (Fsp3) is 0.571. The van der Waals surface area contributed by atoms with Crippen molar-refractivity contribution in [2.45, 2.75) is 23.3 Å². The molecule has 0 spiro atoms. The molecule has 1 unspecified atom stereocenters. The van der Waals surface area contributed by atoms with Gasteiger partial charge in [0.25, 0.3) is 0 Å². The average Bonchev–Trinajstić information content (AvgIpc) is 2.95. The number of ether oxygens (including phenoxy) is 2. The predicted molar refractivity (Wildman–Crippen MR) is 85.0 cm³/mol. The van der Waals surface area contributed by atoms with E-state index in [4.69, 9.17) is 21.1 Å². The highest BCUT2D eigenvalue weighted by molar-refractivity contribution is 7.89. The van der Waals surface area contributed by atoms with Crippen molar-refractivity contribution in [3.63, 3.8) is 0 Å². The van der Waals surface area contributed by atoms with Gasteiger partial charge in [0.15, 0.2) is 0 Å². The van der Waals surface area contributed by atoms with Gasteiger partial charge in [-0.05, 0) is 37.6 Å². The number of halogens is 1. The summed E-state index contributed by atoms with van der Waals surface area (Å²) in [5, 5.41) is 3.59. The lowest BCUT2D eigenvalue weighted by molar-refractivity contribution is 0.122. The number of nitrogens with one attached hydrogen (secondary N) is 2. The van der Waals surface area contributed by atoms with Crippen LogP contribution in [-0.4, -0.2) is 47.9 Å². The minimum atomic E-state index is -3.64. The quantitative estimate of drug-likeness (QED) is 0.778. The van der Waals surface area contributed by atoms with Gasteiger partial charge in [0.1, 0.15) is 5.75 Å². The first-order valence-electron chi connectivity index (χ1n) is 7.00. The molecular formula is C14H21ClN2O4S. The molecule has 2 N–H and O–H groups in total. The summed E-state index contributed by atoms with van der Waals surface area (Å²) in [6, 6.07) is 4.39. The van der Waals surface area contributed by atoms with Crippen molar-refractivity contribution in [3.05, 3.63) is 23.2 Å². The zero-order chi connectivity index (χ0) is 16.2. The maximum Gasteiger partial charge on any atom is 0.240 e. The Labute approximate surface area is 136 Å². The molecule has 1 aromatic rings. The highest BCUT2D eigenvalue weighted by Crippen LogP contribution is 2.27. The van der Waals surface area contributed by atoms with Crippen LogP contribution in [0.3, 0.4) is 0 Å². The first-order valence-corrected chi connectivity index (χ1v) is 8.86. The van der Waals surface area contributed by atoms with E-state index in [1.54, 1.807) is 7.11 Å². The van der Waals surface area contributed by atoms with Crippen LogP contribution >= 0.6 is 11.6 Å². The normalized spacial score (nSPS) is 22.0. The van der Waals surface area contributed by atoms with Crippen molar-refractivity contribution in [1.82, 2.24) is 10.0 Å². The third-order valence-corrected chi connectivity index (χ3v) is 5.48. The van der Waals surface area contributed by atoms with Crippen LogP contribution in [0.1, 0.15) is 12.8 Å². The second-order valence-corrected chi connectivity index (χ2v) is 7.54. The lowest BCUT2D eigenvalue weighted by atomic mass is 9.99. The average molecular weight is 349 g/mol. The lowest BCUT2D eigenvalue weighted by Crippen LogP contribution is -2.52. The molecule has 1 aromatic carbocycles. The second-order valence-electron chi connectivity index (χ2n) is 5.36. The Balaban J connectivity index is 2.12. The number of rotatable bonds is 7. The van der Waals surface area contributed by atoms with Crippen LogP contribution in [0.5, 0.6) is 5.75 Å². The van der Waals surface area contributed by atoms with Crippen LogP contribution in [0.25, 0.3) is 0 Å². The van der Waals surface area contributed by atoms with Crippen LogP contribution in [0.15, 0.2) is 23.1 Å². The molecule has 0 aromatic heterocycles. The Morgan fingerprint density at radius 2 is 2.18 bits per heavy atom. The van der Waals surface area contributed by atoms with E-state index in [1.807, 2.05) is 0 Å². The van der Waals surface area contributed by atoms with Crippen molar-refractivity contribution in [1.29, 1.82) is 0 Å². The van der Waals surface area contributed by atoms with Gasteiger partial charge in [-0.1, -0.05) is 11.6 Å².